The average molecular weight is 285 g/mol. The van der Waals surface area contributed by atoms with E-state index < -0.39 is 0 Å². The second-order valence-corrected chi connectivity index (χ2v) is 7.11. The minimum absolute atomic E-state index is 0.0374. The maximum atomic E-state index is 12.0. The zero-order valence-corrected chi connectivity index (χ0v) is 13.4. The lowest BCUT2D eigenvalue weighted by Gasteiger charge is -2.30. The van der Waals surface area contributed by atoms with Crippen molar-refractivity contribution in [2.45, 2.75) is 71.4 Å². The van der Waals surface area contributed by atoms with E-state index in [4.69, 9.17) is 9.84 Å². The lowest BCUT2D eigenvalue weighted by atomic mass is 9.85. The van der Waals surface area contributed by atoms with Crippen molar-refractivity contribution in [1.29, 1.82) is 0 Å². The van der Waals surface area contributed by atoms with Gasteiger partial charge in [0.15, 0.2) is 0 Å². The summed E-state index contributed by atoms with van der Waals surface area (Å²) in [7, 11) is 0. The van der Waals surface area contributed by atoms with Gasteiger partial charge in [0.05, 0.1) is 5.92 Å². The van der Waals surface area contributed by atoms with Gasteiger partial charge in [-0.05, 0) is 65.3 Å². The highest BCUT2D eigenvalue weighted by molar-refractivity contribution is 5.73. The van der Waals surface area contributed by atoms with Crippen molar-refractivity contribution in [3.63, 3.8) is 0 Å². The van der Waals surface area contributed by atoms with Crippen molar-refractivity contribution >= 4 is 5.97 Å². The Kier molecular flexibility index (Phi) is 6.96. The monoisotopic (exact) mass is 285 g/mol. The number of hydrogen-bond donors (Lipinski definition) is 2. The molecule has 1 unspecified atom stereocenters. The number of esters is 1. The summed E-state index contributed by atoms with van der Waals surface area (Å²) in [6.07, 6.45) is 4.76. The molecule has 0 aromatic rings. The molecule has 0 amide bonds. The molecule has 2 N–H and O–H groups in total. The number of carbonyl (C=O) groups is 1. The van der Waals surface area contributed by atoms with Gasteiger partial charge >= 0.3 is 5.97 Å². The Labute approximate surface area is 123 Å². The Hall–Kier alpha value is -0.610. The van der Waals surface area contributed by atoms with Crippen LogP contribution in [-0.2, 0) is 9.53 Å². The first-order valence-corrected chi connectivity index (χ1v) is 7.89. The Morgan fingerprint density at radius 3 is 2.40 bits per heavy atom. The van der Waals surface area contributed by atoms with Gasteiger partial charge in [0.25, 0.3) is 0 Å². The molecular formula is C16H31NO3. The van der Waals surface area contributed by atoms with Gasteiger partial charge in [-0.2, -0.15) is 0 Å². The number of hydrogen-bond acceptors (Lipinski definition) is 4. The number of aliphatic hydroxyl groups excluding tert-OH is 1. The molecule has 1 rings (SSSR count). The largest absolute Gasteiger partial charge is 0.460 e. The molecule has 1 saturated carbocycles. The van der Waals surface area contributed by atoms with Crippen molar-refractivity contribution in [3.8, 4) is 0 Å². The van der Waals surface area contributed by atoms with Crippen molar-refractivity contribution in [2.75, 3.05) is 13.2 Å². The lowest BCUT2D eigenvalue weighted by Crippen LogP contribution is -2.38. The maximum absolute atomic E-state index is 12.0. The molecule has 1 aliphatic rings. The Bertz CT molecular complexity index is 291. The molecule has 1 aliphatic carbocycles. The van der Waals surface area contributed by atoms with E-state index in [1.807, 2.05) is 20.8 Å². The van der Waals surface area contributed by atoms with Crippen molar-refractivity contribution in [3.05, 3.63) is 0 Å². The molecule has 0 heterocycles. The first-order chi connectivity index (χ1) is 9.31. The first kappa shape index (κ1) is 17.4. The molecule has 1 atom stereocenters. The van der Waals surface area contributed by atoms with Crippen molar-refractivity contribution < 1.29 is 14.6 Å². The zero-order chi connectivity index (χ0) is 15.2. The predicted molar refractivity (Wildman–Crippen MR) is 80.5 cm³/mol. The van der Waals surface area contributed by atoms with Crippen LogP contribution < -0.4 is 5.32 Å². The standard InChI is InChI=1S/C16H31NO3/c1-12(9-10-18)11-17-14-7-5-13(6-8-14)15(19)20-16(2,3)4/h12-14,17-18H,5-11H2,1-4H3. The highest BCUT2D eigenvalue weighted by Gasteiger charge is 2.29. The van der Waals surface area contributed by atoms with Crippen LogP contribution in [0.3, 0.4) is 0 Å². The first-order valence-electron chi connectivity index (χ1n) is 7.89. The van der Waals surface area contributed by atoms with Crippen molar-refractivity contribution in [2.24, 2.45) is 11.8 Å². The third-order valence-corrected chi connectivity index (χ3v) is 3.84. The van der Waals surface area contributed by atoms with Crippen LogP contribution in [0.1, 0.15) is 59.8 Å². The number of rotatable bonds is 6. The molecule has 0 saturated heterocycles. The summed E-state index contributed by atoms with van der Waals surface area (Å²) in [6, 6.07) is 0.509. The molecule has 4 nitrogen and oxygen atoms in total. The molecule has 0 radical (unpaired) electrons. The van der Waals surface area contributed by atoms with Crippen LogP contribution in [0, 0.1) is 11.8 Å². The molecule has 0 aliphatic heterocycles. The Morgan fingerprint density at radius 1 is 1.30 bits per heavy atom. The summed E-state index contributed by atoms with van der Waals surface area (Å²) in [6.45, 7) is 9.11. The molecule has 0 aromatic heterocycles. The van der Waals surface area contributed by atoms with Crippen LogP contribution in [0.25, 0.3) is 0 Å². The molecule has 0 spiro atoms. The second kappa shape index (κ2) is 7.99. The zero-order valence-electron chi connectivity index (χ0n) is 13.4. The van der Waals surface area contributed by atoms with Gasteiger partial charge in [0.1, 0.15) is 5.60 Å². The number of carbonyl (C=O) groups excluding carboxylic acids is 1. The molecule has 0 aromatic carbocycles. The summed E-state index contributed by atoms with van der Waals surface area (Å²) < 4.78 is 5.46. The fourth-order valence-electron chi connectivity index (χ4n) is 2.61. The predicted octanol–water partition coefficient (Wildman–Crippen LogP) is 2.50. The molecule has 0 bridgehead atoms. The minimum Gasteiger partial charge on any atom is -0.460 e. The van der Waals surface area contributed by atoms with Gasteiger partial charge in [-0.25, -0.2) is 0 Å². The molecule has 20 heavy (non-hydrogen) atoms. The van der Waals surface area contributed by atoms with Gasteiger partial charge in [0.2, 0.25) is 0 Å². The van der Waals surface area contributed by atoms with Gasteiger partial charge in [-0.3, -0.25) is 4.79 Å². The number of nitrogens with one attached hydrogen (secondary N) is 1. The van der Waals surface area contributed by atoms with Gasteiger partial charge in [0, 0.05) is 12.6 Å². The Balaban J connectivity index is 2.24. The Morgan fingerprint density at radius 2 is 1.90 bits per heavy atom. The quantitative estimate of drug-likeness (QED) is 0.736. The summed E-state index contributed by atoms with van der Waals surface area (Å²) in [5, 5.41) is 12.4. The van der Waals surface area contributed by atoms with E-state index in [0.29, 0.717) is 12.0 Å². The molecule has 4 heteroatoms. The van der Waals surface area contributed by atoms with E-state index in [2.05, 4.69) is 12.2 Å². The smallest absolute Gasteiger partial charge is 0.309 e. The van der Waals surface area contributed by atoms with Gasteiger partial charge in [-0.1, -0.05) is 6.92 Å². The van der Waals surface area contributed by atoms with E-state index in [-0.39, 0.29) is 24.1 Å². The third kappa shape index (κ3) is 6.71. The van der Waals surface area contributed by atoms with E-state index in [9.17, 15) is 4.79 Å². The van der Waals surface area contributed by atoms with Crippen LogP contribution in [0.4, 0.5) is 0 Å². The topological polar surface area (TPSA) is 58.6 Å². The third-order valence-electron chi connectivity index (χ3n) is 3.84. The lowest BCUT2D eigenvalue weighted by molar-refractivity contribution is -0.161. The fourth-order valence-corrected chi connectivity index (χ4v) is 2.61. The van der Waals surface area contributed by atoms with E-state index in [0.717, 1.165) is 38.6 Å². The van der Waals surface area contributed by atoms with Crippen LogP contribution in [0.15, 0.2) is 0 Å². The molecule has 118 valence electrons. The summed E-state index contributed by atoms with van der Waals surface area (Å²) >= 11 is 0. The second-order valence-electron chi connectivity index (χ2n) is 7.11. The summed E-state index contributed by atoms with van der Waals surface area (Å²) in [5.41, 5.74) is -0.383. The normalized spacial score (nSPS) is 25.2. The van der Waals surface area contributed by atoms with E-state index in [1.54, 1.807) is 0 Å². The van der Waals surface area contributed by atoms with Gasteiger partial charge < -0.3 is 15.2 Å². The average Bonchev–Trinajstić information content (AvgIpc) is 2.35. The highest BCUT2D eigenvalue weighted by Crippen LogP contribution is 2.27. The summed E-state index contributed by atoms with van der Waals surface area (Å²) in [5.74, 6) is 0.537. The van der Waals surface area contributed by atoms with Crippen LogP contribution in [0.5, 0.6) is 0 Å². The van der Waals surface area contributed by atoms with Crippen LogP contribution in [0.2, 0.25) is 0 Å². The van der Waals surface area contributed by atoms with Crippen molar-refractivity contribution in [1.82, 2.24) is 5.32 Å². The molecule has 1 fully saturated rings. The SMILES string of the molecule is CC(CCO)CNC1CCC(C(=O)OC(C)(C)C)CC1. The summed E-state index contributed by atoms with van der Waals surface area (Å²) in [4.78, 5) is 12.0. The number of ether oxygens (including phenoxy) is 1. The maximum Gasteiger partial charge on any atom is 0.309 e. The number of aliphatic hydroxyl groups is 1. The molecular weight excluding hydrogens is 254 g/mol. The minimum atomic E-state index is -0.383. The highest BCUT2D eigenvalue weighted by atomic mass is 16.6. The van der Waals surface area contributed by atoms with E-state index >= 15 is 0 Å². The van der Waals surface area contributed by atoms with Crippen LogP contribution >= 0.6 is 0 Å². The fraction of sp³-hybridized carbons (Fsp3) is 0.938. The van der Waals surface area contributed by atoms with Crippen LogP contribution in [-0.4, -0.2) is 35.9 Å². The van der Waals surface area contributed by atoms with Gasteiger partial charge in [-0.15, -0.1) is 0 Å². The van der Waals surface area contributed by atoms with E-state index in [1.165, 1.54) is 0 Å².